The van der Waals surface area contributed by atoms with Gasteiger partial charge in [-0.3, -0.25) is 0 Å². The van der Waals surface area contributed by atoms with Crippen LogP contribution in [0.15, 0.2) is 24.3 Å². The van der Waals surface area contributed by atoms with E-state index in [1.807, 2.05) is 0 Å². The molecule has 0 aliphatic rings. The van der Waals surface area contributed by atoms with Crippen molar-refractivity contribution in [3.05, 3.63) is 57.6 Å². The highest BCUT2D eigenvalue weighted by Gasteiger charge is 2.27. The van der Waals surface area contributed by atoms with E-state index in [2.05, 4.69) is 125 Å². The molecular formula is C40H68N2O2. The molecule has 4 heteroatoms. The average Bonchev–Trinajstić information content (AvgIpc) is 2.87. The smallest absolute Gasteiger partial charge is 0.123 e. The molecule has 2 aromatic carbocycles. The molecule has 0 aliphatic heterocycles. The summed E-state index contributed by atoms with van der Waals surface area (Å²) in [5.74, 6) is 0.923. The van der Waals surface area contributed by atoms with Crippen LogP contribution >= 0.6 is 0 Å². The number of nitrogens with one attached hydrogen (secondary N) is 2. The van der Waals surface area contributed by atoms with Crippen LogP contribution < -0.4 is 10.6 Å². The lowest BCUT2D eigenvalue weighted by molar-refractivity contribution is 0.383. The van der Waals surface area contributed by atoms with Crippen LogP contribution in [-0.4, -0.2) is 29.5 Å². The fourth-order valence-corrected chi connectivity index (χ4v) is 5.98. The summed E-state index contributed by atoms with van der Waals surface area (Å²) in [6.07, 6.45) is 9.27. The minimum Gasteiger partial charge on any atom is -0.507 e. The van der Waals surface area contributed by atoms with Gasteiger partial charge in [0.1, 0.15) is 11.5 Å². The van der Waals surface area contributed by atoms with Crippen molar-refractivity contribution < 1.29 is 10.2 Å². The van der Waals surface area contributed by atoms with E-state index in [9.17, 15) is 10.2 Å². The molecular weight excluding hydrogens is 540 g/mol. The Morgan fingerprint density at radius 3 is 1.11 bits per heavy atom. The third-order valence-corrected chi connectivity index (χ3v) is 8.73. The molecule has 0 aromatic heterocycles. The van der Waals surface area contributed by atoms with Crippen LogP contribution in [0.4, 0.5) is 0 Å². The van der Waals surface area contributed by atoms with Gasteiger partial charge in [-0.2, -0.15) is 0 Å². The van der Waals surface area contributed by atoms with E-state index < -0.39 is 0 Å². The summed E-state index contributed by atoms with van der Waals surface area (Å²) >= 11 is 0. The maximum atomic E-state index is 11.1. The van der Waals surface area contributed by atoms with Crippen molar-refractivity contribution in [2.45, 2.75) is 169 Å². The second-order valence-corrected chi connectivity index (χ2v) is 17.2. The van der Waals surface area contributed by atoms with Gasteiger partial charge in [-0.05, 0) is 100 Å². The number of phenols is 2. The predicted molar refractivity (Wildman–Crippen MR) is 192 cm³/mol. The SMILES string of the molecule is CCCCCC(NCCCc1cc(C(C)(C)C)c(O)c(C(C)(C)C)c1)NCCCc1cc(C(C)(C)C)c(O)c(C(C)(C)C)c1. The Morgan fingerprint density at radius 1 is 0.523 bits per heavy atom. The summed E-state index contributed by atoms with van der Waals surface area (Å²) in [7, 11) is 0. The van der Waals surface area contributed by atoms with Gasteiger partial charge in [0.25, 0.3) is 0 Å². The molecule has 250 valence electrons. The van der Waals surface area contributed by atoms with E-state index in [1.54, 1.807) is 0 Å². The molecule has 4 N–H and O–H groups in total. The van der Waals surface area contributed by atoms with Gasteiger partial charge >= 0.3 is 0 Å². The van der Waals surface area contributed by atoms with Crippen LogP contribution in [0.25, 0.3) is 0 Å². The molecule has 0 radical (unpaired) electrons. The van der Waals surface area contributed by atoms with E-state index in [0.717, 1.165) is 67.4 Å². The number of hydrogen-bond donors (Lipinski definition) is 4. The minimum absolute atomic E-state index is 0.102. The fraction of sp³-hybridized carbons (Fsp3) is 0.700. The van der Waals surface area contributed by atoms with Gasteiger partial charge in [-0.25, -0.2) is 0 Å². The summed E-state index contributed by atoms with van der Waals surface area (Å²) in [5.41, 5.74) is 6.40. The van der Waals surface area contributed by atoms with E-state index >= 15 is 0 Å². The largest absolute Gasteiger partial charge is 0.507 e. The van der Waals surface area contributed by atoms with Crippen molar-refractivity contribution in [3.63, 3.8) is 0 Å². The lowest BCUT2D eigenvalue weighted by Crippen LogP contribution is -2.43. The van der Waals surface area contributed by atoms with Crippen LogP contribution in [0, 0.1) is 0 Å². The molecule has 2 aromatic rings. The van der Waals surface area contributed by atoms with E-state index in [1.165, 1.54) is 30.4 Å². The highest BCUT2D eigenvalue weighted by Crippen LogP contribution is 2.41. The predicted octanol–water partition coefficient (Wildman–Crippen LogP) is 9.94. The third kappa shape index (κ3) is 11.4. The first-order chi connectivity index (χ1) is 20.2. The average molecular weight is 609 g/mol. The number of phenolic OH excluding ortho intramolecular Hbond substituents is 2. The number of unbranched alkanes of at least 4 members (excludes halogenated alkanes) is 2. The summed E-state index contributed by atoms with van der Waals surface area (Å²) in [6, 6.07) is 8.89. The monoisotopic (exact) mass is 609 g/mol. The third-order valence-electron chi connectivity index (χ3n) is 8.73. The molecule has 4 nitrogen and oxygen atoms in total. The molecule has 0 amide bonds. The van der Waals surface area contributed by atoms with E-state index in [-0.39, 0.29) is 21.7 Å². The molecule has 0 fully saturated rings. The van der Waals surface area contributed by atoms with Crippen molar-refractivity contribution in [1.29, 1.82) is 0 Å². The minimum atomic E-state index is -0.102. The van der Waals surface area contributed by atoms with Crippen LogP contribution in [0.5, 0.6) is 11.5 Å². The fourth-order valence-electron chi connectivity index (χ4n) is 5.98. The van der Waals surface area contributed by atoms with Crippen LogP contribution in [0.1, 0.15) is 162 Å². The Morgan fingerprint density at radius 2 is 0.841 bits per heavy atom. The summed E-state index contributed by atoms with van der Waals surface area (Å²) in [4.78, 5) is 0. The zero-order chi connectivity index (χ0) is 33.5. The zero-order valence-electron chi connectivity index (χ0n) is 30.9. The first kappa shape index (κ1) is 38.1. The lowest BCUT2D eigenvalue weighted by atomic mass is 9.78. The Kier molecular flexibility index (Phi) is 13.4. The number of aromatic hydroxyl groups is 2. The second kappa shape index (κ2) is 15.5. The van der Waals surface area contributed by atoms with Gasteiger partial charge in [0.15, 0.2) is 0 Å². The standard InChI is InChI=1S/C40H68N2O2/c1-14-15-16-21-34(41-22-17-19-28-24-30(37(2,3)4)35(43)31(25-28)38(5,6)7)42-23-18-20-29-26-32(39(8,9)10)36(44)33(27-29)40(11,12)13/h24-27,34,41-44H,14-23H2,1-13H3. The van der Waals surface area contributed by atoms with Gasteiger partial charge in [-0.15, -0.1) is 0 Å². The van der Waals surface area contributed by atoms with Gasteiger partial charge in [0.2, 0.25) is 0 Å². The maximum Gasteiger partial charge on any atom is 0.123 e. The lowest BCUT2D eigenvalue weighted by Gasteiger charge is -2.28. The Labute approximate surface area is 271 Å². The van der Waals surface area contributed by atoms with Crippen molar-refractivity contribution in [2.75, 3.05) is 13.1 Å². The summed E-state index contributed by atoms with van der Waals surface area (Å²) in [6.45, 7) is 30.4. The van der Waals surface area contributed by atoms with Crippen molar-refractivity contribution >= 4 is 0 Å². The zero-order valence-corrected chi connectivity index (χ0v) is 30.9. The molecule has 0 spiro atoms. The number of benzene rings is 2. The molecule has 2 rings (SSSR count). The Balaban J connectivity index is 2.04. The first-order valence-electron chi connectivity index (χ1n) is 17.4. The number of hydrogen-bond acceptors (Lipinski definition) is 4. The molecule has 0 bridgehead atoms. The molecule has 0 saturated carbocycles. The molecule has 0 atom stereocenters. The molecule has 0 unspecified atom stereocenters. The molecule has 0 heterocycles. The Hall–Kier alpha value is -2.04. The van der Waals surface area contributed by atoms with E-state index in [4.69, 9.17) is 0 Å². The number of rotatable bonds is 14. The maximum absolute atomic E-state index is 11.1. The van der Waals surface area contributed by atoms with Gasteiger partial charge < -0.3 is 20.8 Å². The topological polar surface area (TPSA) is 64.5 Å². The quantitative estimate of drug-likeness (QED) is 0.127. The molecule has 0 saturated heterocycles. The highest BCUT2D eigenvalue weighted by molar-refractivity contribution is 5.51. The normalized spacial score (nSPS) is 13.2. The van der Waals surface area contributed by atoms with Crippen molar-refractivity contribution in [1.82, 2.24) is 10.6 Å². The van der Waals surface area contributed by atoms with Crippen LogP contribution in [0.2, 0.25) is 0 Å². The Bertz CT molecular complexity index is 1030. The van der Waals surface area contributed by atoms with Gasteiger partial charge in [0, 0.05) is 0 Å². The van der Waals surface area contributed by atoms with Crippen molar-refractivity contribution in [2.24, 2.45) is 0 Å². The first-order valence-corrected chi connectivity index (χ1v) is 17.4. The summed E-state index contributed by atoms with van der Waals surface area (Å²) in [5, 5.41) is 29.8. The van der Waals surface area contributed by atoms with Crippen molar-refractivity contribution in [3.8, 4) is 11.5 Å². The molecule has 0 aliphatic carbocycles. The number of aryl methyl sites for hydroxylation is 2. The van der Waals surface area contributed by atoms with Gasteiger partial charge in [-0.1, -0.05) is 134 Å². The van der Waals surface area contributed by atoms with Gasteiger partial charge in [0.05, 0.1) is 6.17 Å². The highest BCUT2D eigenvalue weighted by atomic mass is 16.3. The van der Waals surface area contributed by atoms with Crippen LogP contribution in [-0.2, 0) is 34.5 Å². The second-order valence-electron chi connectivity index (χ2n) is 17.2. The van der Waals surface area contributed by atoms with E-state index in [0.29, 0.717) is 17.7 Å². The van der Waals surface area contributed by atoms with Crippen LogP contribution in [0.3, 0.4) is 0 Å². The summed E-state index contributed by atoms with van der Waals surface area (Å²) < 4.78 is 0. The molecule has 44 heavy (non-hydrogen) atoms.